The average molecular weight is 403 g/mol. The lowest BCUT2D eigenvalue weighted by molar-refractivity contribution is 0.0912. The third kappa shape index (κ3) is 4.62. The topological polar surface area (TPSA) is 50.2 Å². The molecule has 1 saturated heterocycles. The van der Waals surface area contributed by atoms with E-state index in [0.717, 1.165) is 55.0 Å². The summed E-state index contributed by atoms with van der Waals surface area (Å²) in [7, 11) is 0. The van der Waals surface area contributed by atoms with Crippen molar-refractivity contribution in [1.29, 1.82) is 0 Å². The Morgan fingerprint density at radius 2 is 1.87 bits per heavy atom. The lowest BCUT2D eigenvalue weighted by atomic mass is 10.0. The van der Waals surface area contributed by atoms with Crippen molar-refractivity contribution >= 4 is 5.91 Å². The zero-order valence-electron chi connectivity index (χ0n) is 17.8. The van der Waals surface area contributed by atoms with Gasteiger partial charge in [0.25, 0.3) is 5.91 Å². The molecule has 1 aromatic heterocycles. The summed E-state index contributed by atoms with van der Waals surface area (Å²) in [5.41, 5.74) is 4.41. The van der Waals surface area contributed by atoms with E-state index in [1.165, 1.54) is 6.42 Å². The summed E-state index contributed by atoms with van der Waals surface area (Å²) in [6.07, 6.45) is 5.03. The highest BCUT2D eigenvalue weighted by molar-refractivity contribution is 6.00. The standard InChI is InChI=1S/C25H30N4O/c1-3-14-28-15-12-21(13-16-28)26-25(30)23-18-29(22-10-5-4-6-11-22)27-24(23)20-9-7-8-19(2)17-20/h4-11,17-18,21H,3,12-16H2,1-2H3,(H,26,30). The summed E-state index contributed by atoms with van der Waals surface area (Å²) in [6.45, 7) is 7.51. The van der Waals surface area contributed by atoms with E-state index in [1.807, 2.05) is 48.7 Å². The second kappa shape index (κ2) is 9.26. The van der Waals surface area contributed by atoms with Gasteiger partial charge in [-0.05, 0) is 50.9 Å². The number of carbonyl (C=O) groups excluding carboxylic acids is 1. The fraction of sp³-hybridized carbons (Fsp3) is 0.360. The van der Waals surface area contributed by atoms with Gasteiger partial charge in [-0.25, -0.2) is 4.68 Å². The fourth-order valence-electron chi connectivity index (χ4n) is 4.14. The molecule has 0 spiro atoms. The van der Waals surface area contributed by atoms with Crippen molar-refractivity contribution in [3.63, 3.8) is 0 Å². The second-order valence-corrected chi connectivity index (χ2v) is 8.13. The highest BCUT2D eigenvalue weighted by atomic mass is 16.1. The first-order chi connectivity index (χ1) is 14.6. The number of nitrogens with one attached hydrogen (secondary N) is 1. The van der Waals surface area contributed by atoms with Crippen LogP contribution in [0.1, 0.15) is 42.1 Å². The first kappa shape index (κ1) is 20.4. The normalized spacial score (nSPS) is 15.3. The number of nitrogens with zero attached hydrogens (tertiary/aromatic N) is 3. The minimum absolute atomic E-state index is 0.0392. The molecule has 0 radical (unpaired) electrons. The molecule has 0 bridgehead atoms. The summed E-state index contributed by atoms with van der Waals surface area (Å²) < 4.78 is 1.80. The van der Waals surface area contributed by atoms with Crippen LogP contribution >= 0.6 is 0 Å². The number of carbonyl (C=O) groups is 1. The predicted molar refractivity (Wildman–Crippen MR) is 121 cm³/mol. The van der Waals surface area contributed by atoms with E-state index in [-0.39, 0.29) is 11.9 Å². The first-order valence-corrected chi connectivity index (χ1v) is 10.9. The summed E-state index contributed by atoms with van der Waals surface area (Å²) in [5, 5.41) is 8.06. The van der Waals surface area contributed by atoms with Crippen molar-refractivity contribution in [3.05, 3.63) is 71.9 Å². The summed E-state index contributed by atoms with van der Waals surface area (Å²) in [4.78, 5) is 15.7. The van der Waals surface area contributed by atoms with Crippen LogP contribution in [0, 0.1) is 6.92 Å². The molecule has 5 nitrogen and oxygen atoms in total. The number of piperidine rings is 1. The van der Waals surface area contributed by atoms with Crippen LogP contribution in [0.15, 0.2) is 60.8 Å². The Balaban J connectivity index is 1.59. The largest absolute Gasteiger partial charge is 0.349 e. The van der Waals surface area contributed by atoms with Crippen molar-refractivity contribution in [1.82, 2.24) is 20.0 Å². The monoisotopic (exact) mass is 402 g/mol. The summed E-state index contributed by atoms with van der Waals surface area (Å²) in [5.74, 6) is -0.0392. The predicted octanol–water partition coefficient (Wildman–Crippen LogP) is 4.45. The van der Waals surface area contributed by atoms with E-state index < -0.39 is 0 Å². The Hall–Kier alpha value is -2.92. The molecule has 0 unspecified atom stereocenters. The van der Waals surface area contributed by atoms with Crippen molar-refractivity contribution < 1.29 is 4.79 Å². The van der Waals surface area contributed by atoms with Gasteiger partial charge in [-0.15, -0.1) is 0 Å². The molecule has 1 N–H and O–H groups in total. The molecule has 2 heterocycles. The van der Waals surface area contributed by atoms with Gasteiger partial charge in [-0.3, -0.25) is 4.79 Å². The van der Waals surface area contributed by atoms with E-state index in [0.29, 0.717) is 5.56 Å². The van der Waals surface area contributed by atoms with Crippen molar-refractivity contribution in [2.24, 2.45) is 0 Å². The van der Waals surface area contributed by atoms with Gasteiger partial charge in [0.1, 0.15) is 5.69 Å². The Bertz CT molecular complexity index is 987. The average Bonchev–Trinajstić information content (AvgIpc) is 3.22. The maximum absolute atomic E-state index is 13.3. The van der Waals surface area contributed by atoms with E-state index >= 15 is 0 Å². The van der Waals surface area contributed by atoms with Gasteiger partial charge in [0, 0.05) is 30.9 Å². The molecule has 3 aromatic rings. The minimum Gasteiger partial charge on any atom is -0.349 e. The summed E-state index contributed by atoms with van der Waals surface area (Å²) >= 11 is 0. The van der Waals surface area contributed by atoms with Crippen molar-refractivity contribution in [2.75, 3.05) is 19.6 Å². The molecular formula is C25H30N4O. The lowest BCUT2D eigenvalue weighted by Crippen LogP contribution is -2.44. The van der Waals surface area contributed by atoms with Gasteiger partial charge < -0.3 is 10.2 Å². The molecule has 1 amide bonds. The molecule has 1 aliphatic heterocycles. The number of para-hydroxylation sites is 1. The van der Waals surface area contributed by atoms with Crippen molar-refractivity contribution in [2.45, 2.75) is 39.2 Å². The van der Waals surface area contributed by atoms with Crippen LogP contribution in [0.3, 0.4) is 0 Å². The molecule has 0 atom stereocenters. The van der Waals surface area contributed by atoms with Gasteiger partial charge in [-0.1, -0.05) is 48.9 Å². The zero-order chi connectivity index (χ0) is 20.9. The third-order valence-corrected chi connectivity index (χ3v) is 5.73. The molecule has 30 heavy (non-hydrogen) atoms. The fourth-order valence-corrected chi connectivity index (χ4v) is 4.14. The van der Waals surface area contributed by atoms with Crippen LogP contribution in [-0.2, 0) is 0 Å². The van der Waals surface area contributed by atoms with Gasteiger partial charge in [-0.2, -0.15) is 5.10 Å². The van der Waals surface area contributed by atoms with E-state index in [1.54, 1.807) is 4.68 Å². The molecule has 1 aliphatic rings. The van der Waals surface area contributed by atoms with Crippen LogP contribution in [0.5, 0.6) is 0 Å². The Labute approximate surface area is 178 Å². The van der Waals surface area contributed by atoms with Gasteiger partial charge >= 0.3 is 0 Å². The van der Waals surface area contributed by atoms with E-state index in [2.05, 4.69) is 36.2 Å². The Morgan fingerprint density at radius 1 is 1.10 bits per heavy atom. The number of aromatic nitrogens is 2. The van der Waals surface area contributed by atoms with Crippen LogP contribution in [0.4, 0.5) is 0 Å². The van der Waals surface area contributed by atoms with E-state index in [9.17, 15) is 4.79 Å². The number of aryl methyl sites for hydroxylation is 1. The molecule has 5 heteroatoms. The lowest BCUT2D eigenvalue weighted by Gasteiger charge is -2.32. The number of hydrogen-bond donors (Lipinski definition) is 1. The molecule has 0 saturated carbocycles. The number of likely N-dealkylation sites (tertiary alicyclic amines) is 1. The van der Waals surface area contributed by atoms with Gasteiger partial charge in [0.15, 0.2) is 0 Å². The molecular weight excluding hydrogens is 372 g/mol. The van der Waals surface area contributed by atoms with Crippen LogP contribution in [0.2, 0.25) is 0 Å². The molecule has 2 aromatic carbocycles. The van der Waals surface area contributed by atoms with Crippen LogP contribution in [-0.4, -0.2) is 46.3 Å². The molecule has 1 fully saturated rings. The molecule has 0 aliphatic carbocycles. The zero-order valence-corrected chi connectivity index (χ0v) is 17.8. The quantitative estimate of drug-likeness (QED) is 0.663. The highest BCUT2D eigenvalue weighted by Crippen LogP contribution is 2.25. The van der Waals surface area contributed by atoms with Gasteiger partial charge in [0.05, 0.1) is 11.3 Å². The van der Waals surface area contributed by atoms with Crippen LogP contribution < -0.4 is 5.32 Å². The van der Waals surface area contributed by atoms with Crippen LogP contribution in [0.25, 0.3) is 16.9 Å². The highest BCUT2D eigenvalue weighted by Gasteiger charge is 2.24. The number of benzene rings is 2. The number of amides is 1. The maximum atomic E-state index is 13.3. The van der Waals surface area contributed by atoms with Gasteiger partial charge in [0.2, 0.25) is 0 Å². The second-order valence-electron chi connectivity index (χ2n) is 8.13. The smallest absolute Gasteiger partial charge is 0.255 e. The SMILES string of the molecule is CCCN1CCC(NC(=O)c2cn(-c3ccccc3)nc2-c2cccc(C)c2)CC1. The van der Waals surface area contributed by atoms with Crippen molar-refractivity contribution in [3.8, 4) is 16.9 Å². The summed E-state index contributed by atoms with van der Waals surface area (Å²) in [6, 6.07) is 18.3. The molecule has 4 rings (SSSR count). The Morgan fingerprint density at radius 3 is 2.57 bits per heavy atom. The number of rotatable bonds is 6. The first-order valence-electron chi connectivity index (χ1n) is 10.9. The third-order valence-electron chi connectivity index (χ3n) is 5.73. The van der Waals surface area contributed by atoms with E-state index in [4.69, 9.17) is 5.10 Å². The maximum Gasteiger partial charge on any atom is 0.255 e. The molecule has 156 valence electrons. The minimum atomic E-state index is -0.0392. The number of hydrogen-bond acceptors (Lipinski definition) is 3. The Kier molecular flexibility index (Phi) is 6.29.